The van der Waals surface area contributed by atoms with Gasteiger partial charge in [0.25, 0.3) is 0 Å². The van der Waals surface area contributed by atoms with E-state index < -0.39 is 0 Å². The fourth-order valence-electron chi connectivity index (χ4n) is 2.11. The molecule has 0 aliphatic heterocycles. The summed E-state index contributed by atoms with van der Waals surface area (Å²) in [5.41, 5.74) is 0.720. The molecule has 0 heterocycles. The fourth-order valence-corrected chi connectivity index (χ4v) is 2.81. The van der Waals surface area contributed by atoms with Gasteiger partial charge in [0.2, 0.25) is 0 Å². The van der Waals surface area contributed by atoms with Crippen LogP contribution in [0.25, 0.3) is 0 Å². The van der Waals surface area contributed by atoms with Crippen molar-refractivity contribution in [3.8, 4) is 0 Å². The van der Waals surface area contributed by atoms with E-state index in [1.165, 1.54) is 25.3 Å². The molecule has 0 N–H and O–H groups in total. The second kappa shape index (κ2) is 6.17. The molecule has 1 aromatic carbocycles. The molecule has 1 aliphatic carbocycles. The summed E-state index contributed by atoms with van der Waals surface area (Å²) in [7, 11) is 0. The predicted molar refractivity (Wildman–Crippen MR) is 70.8 cm³/mol. The van der Waals surface area contributed by atoms with E-state index in [1.807, 2.05) is 0 Å². The highest BCUT2D eigenvalue weighted by molar-refractivity contribution is 9.10. The summed E-state index contributed by atoms with van der Waals surface area (Å²) in [6.07, 6.45) is 6.28. The molecule has 0 unspecified atom stereocenters. The van der Waals surface area contributed by atoms with E-state index in [0.29, 0.717) is 22.2 Å². The molecular weight excluding hydrogens is 306 g/mol. The van der Waals surface area contributed by atoms with Crippen LogP contribution in [0.5, 0.6) is 0 Å². The van der Waals surface area contributed by atoms with Gasteiger partial charge in [-0.3, -0.25) is 0 Å². The third-order valence-corrected chi connectivity index (χ3v) is 4.08. The van der Waals surface area contributed by atoms with E-state index in [0.717, 1.165) is 18.4 Å². The Hall–Kier alpha value is -0.120. The van der Waals surface area contributed by atoms with Gasteiger partial charge in [0, 0.05) is 5.02 Å². The smallest absolute Gasteiger partial charge is 0.137 e. The van der Waals surface area contributed by atoms with Gasteiger partial charge in [0.15, 0.2) is 0 Å². The van der Waals surface area contributed by atoms with Crippen LogP contribution in [-0.2, 0) is 11.3 Å². The number of hydrogen-bond acceptors (Lipinski definition) is 1. The molecule has 1 nitrogen and oxygen atoms in total. The van der Waals surface area contributed by atoms with Crippen molar-refractivity contribution in [1.82, 2.24) is 0 Å². The number of benzene rings is 1. The molecule has 0 amide bonds. The lowest BCUT2D eigenvalue weighted by atomic mass is 9.98. The summed E-state index contributed by atoms with van der Waals surface area (Å²) in [5, 5.41) is 0.550. The molecule has 1 aliphatic rings. The first-order valence-electron chi connectivity index (χ1n) is 5.92. The lowest BCUT2D eigenvalue weighted by Crippen LogP contribution is -2.16. The normalized spacial score (nSPS) is 17.4. The second-order valence-corrected chi connectivity index (χ2v) is 5.69. The average molecular weight is 322 g/mol. The number of rotatable bonds is 3. The number of halogens is 3. The van der Waals surface area contributed by atoms with Crippen molar-refractivity contribution in [3.63, 3.8) is 0 Å². The fraction of sp³-hybridized carbons (Fsp3) is 0.538. The van der Waals surface area contributed by atoms with Gasteiger partial charge in [-0.1, -0.05) is 30.9 Å². The molecule has 1 fully saturated rings. The van der Waals surface area contributed by atoms with Gasteiger partial charge in [0.1, 0.15) is 5.82 Å². The molecule has 0 spiro atoms. The van der Waals surface area contributed by atoms with E-state index in [9.17, 15) is 4.39 Å². The Bertz CT molecular complexity index is 391. The van der Waals surface area contributed by atoms with Crippen LogP contribution in [0.4, 0.5) is 4.39 Å². The Morgan fingerprint density at radius 1 is 1.29 bits per heavy atom. The SMILES string of the molecule is Fc1cc(COC2CCCCC2)c(Cl)cc1Br. The monoisotopic (exact) mass is 320 g/mol. The van der Waals surface area contributed by atoms with E-state index in [2.05, 4.69) is 15.9 Å². The Morgan fingerprint density at radius 2 is 2.00 bits per heavy atom. The number of ether oxygens (including phenoxy) is 1. The summed E-state index contributed by atoms with van der Waals surface area (Å²) >= 11 is 9.15. The molecule has 1 saturated carbocycles. The van der Waals surface area contributed by atoms with E-state index in [4.69, 9.17) is 16.3 Å². The first-order chi connectivity index (χ1) is 8.16. The van der Waals surface area contributed by atoms with Gasteiger partial charge >= 0.3 is 0 Å². The minimum atomic E-state index is -0.295. The molecule has 4 heteroatoms. The molecule has 0 bridgehead atoms. The molecule has 17 heavy (non-hydrogen) atoms. The highest BCUT2D eigenvalue weighted by atomic mass is 79.9. The molecule has 0 radical (unpaired) electrons. The third-order valence-electron chi connectivity index (χ3n) is 3.12. The van der Waals surface area contributed by atoms with Crippen LogP contribution in [0.2, 0.25) is 5.02 Å². The Balaban J connectivity index is 1.96. The van der Waals surface area contributed by atoms with E-state index in [1.54, 1.807) is 6.07 Å². The molecular formula is C13H15BrClFO. The van der Waals surface area contributed by atoms with Crippen LogP contribution >= 0.6 is 27.5 Å². The van der Waals surface area contributed by atoms with Gasteiger partial charge in [-0.25, -0.2) is 4.39 Å². The van der Waals surface area contributed by atoms with E-state index >= 15 is 0 Å². The van der Waals surface area contributed by atoms with Gasteiger partial charge in [0.05, 0.1) is 17.2 Å². The van der Waals surface area contributed by atoms with Crippen molar-refractivity contribution in [3.05, 3.63) is 33.0 Å². The summed E-state index contributed by atoms with van der Waals surface area (Å²) in [6.45, 7) is 0.397. The van der Waals surface area contributed by atoms with Crippen LogP contribution in [0, 0.1) is 5.82 Å². The summed E-state index contributed by atoms with van der Waals surface area (Å²) in [5.74, 6) is -0.295. The lowest BCUT2D eigenvalue weighted by Gasteiger charge is -2.22. The minimum absolute atomic E-state index is 0.295. The van der Waals surface area contributed by atoms with Crippen LogP contribution in [0.3, 0.4) is 0 Å². The molecule has 0 atom stereocenters. The van der Waals surface area contributed by atoms with Crippen molar-refractivity contribution in [2.24, 2.45) is 0 Å². The van der Waals surface area contributed by atoms with Crippen molar-refractivity contribution in [2.45, 2.75) is 44.8 Å². The maximum absolute atomic E-state index is 13.4. The molecule has 0 aromatic heterocycles. The van der Waals surface area contributed by atoms with Gasteiger partial charge in [-0.05, 0) is 46.5 Å². The van der Waals surface area contributed by atoms with Gasteiger partial charge in [-0.15, -0.1) is 0 Å². The van der Waals surface area contributed by atoms with Crippen molar-refractivity contribution in [2.75, 3.05) is 0 Å². The van der Waals surface area contributed by atoms with Crippen LogP contribution < -0.4 is 0 Å². The molecule has 0 saturated heterocycles. The summed E-state index contributed by atoms with van der Waals surface area (Å²) in [6, 6.07) is 3.02. The zero-order valence-corrected chi connectivity index (χ0v) is 11.9. The third kappa shape index (κ3) is 3.67. The predicted octanol–water partition coefficient (Wildman–Crippen LogP) is 5.09. The minimum Gasteiger partial charge on any atom is -0.373 e. The second-order valence-electron chi connectivity index (χ2n) is 4.43. The topological polar surface area (TPSA) is 9.23 Å². The highest BCUT2D eigenvalue weighted by Gasteiger charge is 2.15. The Morgan fingerprint density at radius 3 is 2.71 bits per heavy atom. The van der Waals surface area contributed by atoms with Crippen molar-refractivity contribution >= 4 is 27.5 Å². The zero-order valence-electron chi connectivity index (χ0n) is 9.52. The quantitative estimate of drug-likeness (QED) is 0.705. The molecule has 1 aromatic rings. The van der Waals surface area contributed by atoms with Crippen LogP contribution in [-0.4, -0.2) is 6.10 Å². The Labute approximate surface area is 114 Å². The largest absolute Gasteiger partial charge is 0.373 e. The number of hydrogen-bond donors (Lipinski definition) is 0. The lowest BCUT2D eigenvalue weighted by molar-refractivity contribution is 0.0168. The standard InChI is InChI=1S/C13H15BrClFO/c14-11-7-12(15)9(6-13(11)16)8-17-10-4-2-1-3-5-10/h6-7,10H,1-5,8H2. The maximum atomic E-state index is 13.4. The van der Waals surface area contributed by atoms with Gasteiger partial charge < -0.3 is 4.74 Å². The van der Waals surface area contributed by atoms with E-state index in [-0.39, 0.29) is 5.82 Å². The van der Waals surface area contributed by atoms with Crippen LogP contribution in [0.15, 0.2) is 16.6 Å². The molecule has 2 rings (SSSR count). The molecule has 94 valence electrons. The van der Waals surface area contributed by atoms with Crippen molar-refractivity contribution in [1.29, 1.82) is 0 Å². The summed E-state index contributed by atoms with van der Waals surface area (Å²) in [4.78, 5) is 0. The Kier molecular flexibility index (Phi) is 4.83. The average Bonchev–Trinajstić information content (AvgIpc) is 2.33. The van der Waals surface area contributed by atoms with Crippen molar-refractivity contribution < 1.29 is 9.13 Å². The zero-order chi connectivity index (χ0) is 12.3. The first-order valence-corrected chi connectivity index (χ1v) is 7.09. The highest BCUT2D eigenvalue weighted by Crippen LogP contribution is 2.27. The van der Waals surface area contributed by atoms with Crippen LogP contribution in [0.1, 0.15) is 37.7 Å². The first kappa shape index (κ1) is 13.3. The summed E-state index contributed by atoms with van der Waals surface area (Å²) < 4.78 is 19.5. The maximum Gasteiger partial charge on any atom is 0.137 e. The van der Waals surface area contributed by atoms with Gasteiger partial charge in [-0.2, -0.15) is 0 Å².